The van der Waals surface area contributed by atoms with Crippen molar-refractivity contribution < 1.29 is 32.5 Å². The van der Waals surface area contributed by atoms with Crippen LogP contribution in [-0.4, -0.2) is 17.4 Å². The Kier molecular flexibility index (Phi) is 5.51. The fraction of sp³-hybridized carbons (Fsp3) is 0.250. The molecule has 4 nitrogen and oxygen atoms in total. The van der Waals surface area contributed by atoms with Gasteiger partial charge in [0.1, 0.15) is 23.7 Å². The van der Waals surface area contributed by atoms with Gasteiger partial charge in [-0.15, -0.1) is 24.5 Å². The maximum absolute atomic E-state index is 12.2. The quantitative estimate of drug-likeness (QED) is 0.526. The van der Waals surface area contributed by atoms with Gasteiger partial charge in [-0.2, -0.15) is 0 Å². The molecule has 1 N–H and O–H groups in total. The van der Waals surface area contributed by atoms with Crippen molar-refractivity contribution in [3.63, 3.8) is 0 Å². The van der Waals surface area contributed by atoms with Crippen molar-refractivity contribution in [2.75, 3.05) is 0 Å². The lowest BCUT2D eigenvalue weighted by Crippen LogP contribution is -2.17. The van der Waals surface area contributed by atoms with Crippen LogP contribution in [0.4, 0.5) is 13.2 Å². The molecule has 0 unspecified atom stereocenters. The second-order valence-electron chi connectivity index (χ2n) is 6.44. The SMILES string of the molecule is CC(C)c1cc2c(OCc3ccc(OC(F)(F)F)cc3)c(C(=O)O)ccc2s1. The van der Waals surface area contributed by atoms with Crippen molar-refractivity contribution in [1.29, 1.82) is 0 Å². The number of benzene rings is 2. The molecule has 3 aromatic rings. The number of fused-ring (bicyclic) bond motifs is 1. The summed E-state index contributed by atoms with van der Waals surface area (Å²) in [6.07, 6.45) is -4.75. The molecule has 0 saturated heterocycles. The summed E-state index contributed by atoms with van der Waals surface area (Å²) in [4.78, 5) is 12.7. The molecule has 0 atom stereocenters. The predicted octanol–water partition coefficient (Wildman–Crippen LogP) is 6.20. The molecule has 0 radical (unpaired) electrons. The van der Waals surface area contributed by atoms with Gasteiger partial charge in [-0.1, -0.05) is 26.0 Å². The fourth-order valence-electron chi connectivity index (χ4n) is 2.66. The number of ether oxygens (including phenoxy) is 2. The first kappa shape index (κ1) is 20.0. The van der Waals surface area contributed by atoms with Gasteiger partial charge in [-0.05, 0) is 41.8 Å². The fourth-order valence-corrected chi connectivity index (χ4v) is 3.72. The number of hydrogen-bond donors (Lipinski definition) is 1. The lowest BCUT2D eigenvalue weighted by molar-refractivity contribution is -0.274. The summed E-state index contributed by atoms with van der Waals surface area (Å²) in [6.45, 7) is 4.11. The molecule has 0 aliphatic heterocycles. The van der Waals surface area contributed by atoms with Crippen LogP contribution in [0.1, 0.15) is 40.6 Å². The van der Waals surface area contributed by atoms with Gasteiger partial charge in [0.25, 0.3) is 0 Å². The third kappa shape index (κ3) is 4.56. The van der Waals surface area contributed by atoms with Crippen LogP contribution >= 0.6 is 11.3 Å². The Hall–Kier alpha value is -2.74. The molecule has 0 saturated carbocycles. The number of halogens is 3. The third-order valence-corrected chi connectivity index (χ3v) is 5.41. The van der Waals surface area contributed by atoms with Gasteiger partial charge in [-0.3, -0.25) is 0 Å². The summed E-state index contributed by atoms with van der Waals surface area (Å²) in [5.74, 6) is -0.893. The molecular weight excluding hydrogens is 393 g/mol. The Morgan fingerprint density at radius 1 is 1.14 bits per heavy atom. The van der Waals surface area contributed by atoms with E-state index >= 15 is 0 Å². The van der Waals surface area contributed by atoms with Crippen molar-refractivity contribution in [1.82, 2.24) is 0 Å². The zero-order valence-electron chi connectivity index (χ0n) is 15.0. The van der Waals surface area contributed by atoms with E-state index in [-0.39, 0.29) is 23.7 Å². The Morgan fingerprint density at radius 2 is 1.82 bits per heavy atom. The first-order chi connectivity index (χ1) is 13.1. The number of thiophene rings is 1. The largest absolute Gasteiger partial charge is 0.573 e. The van der Waals surface area contributed by atoms with Crippen LogP contribution in [-0.2, 0) is 6.61 Å². The molecular formula is C20H17F3O4S. The van der Waals surface area contributed by atoms with Gasteiger partial charge < -0.3 is 14.6 Å². The first-order valence-corrected chi connectivity index (χ1v) is 9.23. The smallest absolute Gasteiger partial charge is 0.487 e. The van der Waals surface area contributed by atoms with Crippen LogP contribution < -0.4 is 9.47 Å². The number of carbonyl (C=O) groups is 1. The van der Waals surface area contributed by atoms with Gasteiger partial charge in [0.05, 0.1) is 0 Å². The van der Waals surface area contributed by atoms with Crippen LogP contribution in [0.5, 0.6) is 11.5 Å². The summed E-state index contributed by atoms with van der Waals surface area (Å²) in [5, 5.41) is 10.2. The molecule has 0 amide bonds. The summed E-state index contributed by atoms with van der Waals surface area (Å²) in [6, 6.07) is 10.4. The molecule has 1 heterocycles. The number of carboxylic acid groups (broad SMARTS) is 1. The molecule has 0 fully saturated rings. The third-order valence-electron chi connectivity index (χ3n) is 4.01. The Balaban J connectivity index is 1.86. The first-order valence-electron chi connectivity index (χ1n) is 8.41. The zero-order chi connectivity index (χ0) is 20.5. The summed E-state index contributed by atoms with van der Waals surface area (Å²) in [5.41, 5.74) is 0.625. The van der Waals surface area contributed by atoms with Crippen molar-refractivity contribution in [3.05, 3.63) is 58.5 Å². The van der Waals surface area contributed by atoms with Gasteiger partial charge in [0.15, 0.2) is 0 Å². The zero-order valence-corrected chi connectivity index (χ0v) is 15.9. The molecule has 0 bridgehead atoms. The Labute approximate surface area is 163 Å². The highest BCUT2D eigenvalue weighted by molar-refractivity contribution is 7.19. The Bertz CT molecular complexity index is 991. The molecule has 28 heavy (non-hydrogen) atoms. The number of alkyl halides is 3. The van der Waals surface area contributed by atoms with Gasteiger partial charge in [0, 0.05) is 15.0 Å². The van der Waals surface area contributed by atoms with Crippen LogP contribution in [0.15, 0.2) is 42.5 Å². The Morgan fingerprint density at radius 3 is 2.39 bits per heavy atom. The minimum absolute atomic E-state index is 0.0125. The maximum atomic E-state index is 12.2. The van der Waals surface area contributed by atoms with E-state index in [2.05, 4.69) is 4.74 Å². The van der Waals surface area contributed by atoms with Crippen LogP contribution in [0.3, 0.4) is 0 Å². The molecule has 2 aromatic carbocycles. The van der Waals surface area contributed by atoms with E-state index < -0.39 is 12.3 Å². The van der Waals surface area contributed by atoms with Crippen LogP contribution in [0, 0.1) is 0 Å². The van der Waals surface area contributed by atoms with E-state index in [0.29, 0.717) is 16.9 Å². The van der Waals surface area contributed by atoms with E-state index in [4.69, 9.17) is 4.74 Å². The highest BCUT2D eigenvalue weighted by Gasteiger charge is 2.31. The van der Waals surface area contributed by atoms with Crippen molar-refractivity contribution in [2.45, 2.75) is 32.7 Å². The molecule has 148 valence electrons. The standard InChI is InChI=1S/C20H17F3O4S/c1-11(2)17-9-15-16(28-17)8-7-14(19(24)25)18(15)26-10-12-3-5-13(6-4-12)27-20(21,22)23/h3-9,11H,10H2,1-2H3,(H,24,25). The predicted molar refractivity (Wildman–Crippen MR) is 100 cm³/mol. The highest BCUT2D eigenvalue weighted by Crippen LogP contribution is 2.38. The molecule has 8 heteroatoms. The normalized spacial score (nSPS) is 11.8. The lowest BCUT2D eigenvalue weighted by Gasteiger charge is -2.12. The van der Waals surface area contributed by atoms with Gasteiger partial charge in [-0.25, -0.2) is 4.79 Å². The second-order valence-corrected chi connectivity index (χ2v) is 7.56. The van der Waals surface area contributed by atoms with Crippen LogP contribution in [0.25, 0.3) is 10.1 Å². The monoisotopic (exact) mass is 410 g/mol. The molecule has 1 aromatic heterocycles. The number of hydrogen-bond acceptors (Lipinski definition) is 4. The molecule has 0 aliphatic carbocycles. The second kappa shape index (κ2) is 7.71. The summed E-state index contributed by atoms with van der Waals surface area (Å²) >= 11 is 1.57. The van der Waals surface area contributed by atoms with Crippen molar-refractivity contribution >= 4 is 27.4 Å². The number of rotatable bonds is 6. The van der Waals surface area contributed by atoms with E-state index in [1.807, 2.05) is 19.9 Å². The summed E-state index contributed by atoms with van der Waals surface area (Å²) in [7, 11) is 0. The minimum atomic E-state index is -4.75. The average Bonchev–Trinajstić information content (AvgIpc) is 3.04. The van der Waals surface area contributed by atoms with E-state index in [1.54, 1.807) is 17.4 Å². The van der Waals surface area contributed by atoms with E-state index in [1.165, 1.54) is 30.3 Å². The maximum Gasteiger partial charge on any atom is 0.573 e. The molecule has 3 rings (SSSR count). The topological polar surface area (TPSA) is 55.8 Å². The van der Waals surface area contributed by atoms with Crippen LogP contribution in [0.2, 0.25) is 0 Å². The van der Waals surface area contributed by atoms with Gasteiger partial charge >= 0.3 is 12.3 Å². The number of aromatic carboxylic acids is 1. The lowest BCUT2D eigenvalue weighted by atomic mass is 10.1. The minimum Gasteiger partial charge on any atom is -0.487 e. The molecule has 0 aliphatic rings. The van der Waals surface area contributed by atoms with Crippen molar-refractivity contribution in [3.8, 4) is 11.5 Å². The highest BCUT2D eigenvalue weighted by atomic mass is 32.1. The van der Waals surface area contributed by atoms with E-state index in [9.17, 15) is 23.1 Å². The number of carboxylic acids is 1. The molecule has 0 spiro atoms. The summed E-state index contributed by atoms with van der Waals surface area (Å²) < 4.78 is 47.3. The average molecular weight is 410 g/mol. The van der Waals surface area contributed by atoms with E-state index in [0.717, 1.165) is 9.58 Å². The van der Waals surface area contributed by atoms with Gasteiger partial charge in [0.2, 0.25) is 0 Å². The van der Waals surface area contributed by atoms with Crippen molar-refractivity contribution in [2.24, 2.45) is 0 Å².